The summed E-state index contributed by atoms with van der Waals surface area (Å²) in [6.07, 6.45) is 0. The highest BCUT2D eigenvalue weighted by Gasteiger charge is 2.13. The smallest absolute Gasteiger partial charge is 0.211 e. The minimum atomic E-state index is -3.46. The first kappa shape index (κ1) is 19.9. The Kier molecular flexibility index (Phi) is 6.64. The summed E-state index contributed by atoms with van der Waals surface area (Å²) in [4.78, 5) is 2.15. The van der Waals surface area contributed by atoms with Crippen LogP contribution >= 0.6 is 11.8 Å². The van der Waals surface area contributed by atoms with Gasteiger partial charge in [0.2, 0.25) is 20.0 Å². The van der Waals surface area contributed by atoms with Gasteiger partial charge < -0.3 is 0 Å². The molecule has 0 atom stereocenters. The van der Waals surface area contributed by atoms with Crippen molar-refractivity contribution in [3.05, 3.63) is 48.5 Å². The summed E-state index contributed by atoms with van der Waals surface area (Å²) < 4.78 is 52.5. The largest absolute Gasteiger partial charge is 0.240 e. The molecule has 0 aliphatic heterocycles. The van der Waals surface area contributed by atoms with E-state index in [-0.39, 0.29) is 9.79 Å². The van der Waals surface area contributed by atoms with Crippen LogP contribution in [0.1, 0.15) is 13.8 Å². The zero-order valence-corrected chi connectivity index (χ0v) is 16.3. The fraction of sp³-hybridized carbons (Fsp3) is 0.250. The summed E-state index contributed by atoms with van der Waals surface area (Å²) in [7, 11) is -6.92. The molecule has 2 aromatic rings. The highest BCUT2D eigenvalue weighted by atomic mass is 32.2. The summed E-state index contributed by atoms with van der Waals surface area (Å²) >= 11 is 1.42. The monoisotopic (exact) mass is 400 g/mol. The molecular weight excluding hydrogens is 380 g/mol. The van der Waals surface area contributed by atoms with Crippen LogP contribution in [0.4, 0.5) is 0 Å². The van der Waals surface area contributed by atoms with Gasteiger partial charge in [0.25, 0.3) is 0 Å². The Balaban J connectivity index is 2.13. The van der Waals surface area contributed by atoms with Crippen molar-refractivity contribution in [2.75, 3.05) is 13.1 Å². The Morgan fingerprint density at radius 3 is 1.28 bits per heavy atom. The maximum absolute atomic E-state index is 11.9. The van der Waals surface area contributed by atoms with E-state index >= 15 is 0 Å². The minimum absolute atomic E-state index is 0.214. The molecule has 9 heteroatoms. The van der Waals surface area contributed by atoms with E-state index in [1.807, 2.05) is 0 Å². The molecule has 2 aromatic carbocycles. The van der Waals surface area contributed by atoms with Gasteiger partial charge in [-0.1, -0.05) is 25.6 Å². The Labute approximate surface area is 153 Å². The maximum Gasteiger partial charge on any atom is 0.240 e. The molecule has 2 N–H and O–H groups in total. The molecule has 0 saturated carbocycles. The first-order chi connectivity index (χ1) is 11.8. The molecule has 0 radical (unpaired) electrons. The van der Waals surface area contributed by atoms with Crippen LogP contribution in [0.15, 0.2) is 68.1 Å². The molecule has 0 amide bonds. The van der Waals surface area contributed by atoms with Crippen LogP contribution in [0.25, 0.3) is 0 Å². The van der Waals surface area contributed by atoms with Gasteiger partial charge in [-0.05, 0) is 48.5 Å². The number of benzene rings is 2. The summed E-state index contributed by atoms with van der Waals surface area (Å²) in [6.45, 7) is 4.12. The molecule has 0 unspecified atom stereocenters. The van der Waals surface area contributed by atoms with Crippen LogP contribution in [-0.4, -0.2) is 29.9 Å². The summed E-state index contributed by atoms with van der Waals surface area (Å²) in [6, 6.07) is 13.1. The molecule has 0 spiro atoms. The van der Waals surface area contributed by atoms with Gasteiger partial charge in [0, 0.05) is 22.9 Å². The van der Waals surface area contributed by atoms with E-state index < -0.39 is 20.0 Å². The van der Waals surface area contributed by atoms with Crippen LogP contribution in [0.5, 0.6) is 0 Å². The lowest BCUT2D eigenvalue weighted by molar-refractivity contribution is 0.582. The van der Waals surface area contributed by atoms with Crippen molar-refractivity contribution < 1.29 is 16.8 Å². The summed E-state index contributed by atoms with van der Waals surface area (Å²) in [5.41, 5.74) is 0. The van der Waals surface area contributed by atoms with E-state index in [1.54, 1.807) is 62.4 Å². The summed E-state index contributed by atoms with van der Waals surface area (Å²) in [5, 5.41) is 0. The number of nitrogens with one attached hydrogen (secondary N) is 2. The average Bonchev–Trinajstić information content (AvgIpc) is 2.56. The van der Waals surface area contributed by atoms with Crippen LogP contribution < -0.4 is 9.44 Å². The number of hydrogen-bond donors (Lipinski definition) is 2. The van der Waals surface area contributed by atoms with Gasteiger partial charge >= 0.3 is 0 Å². The molecule has 0 saturated heterocycles. The van der Waals surface area contributed by atoms with E-state index in [1.165, 1.54) is 11.8 Å². The molecular formula is C16H20N2O4S3. The van der Waals surface area contributed by atoms with Crippen molar-refractivity contribution in [1.82, 2.24) is 9.44 Å². The third kappa shape index (κ3) is 5.29. The standard InChI is InChI=1S/C16H20N2O4S3/c1-3-17-24(19,20)15-9-5-13(6-10-15)23-14-7-11-16(12-8-14)25(21,22)18-4-2/h5-12,17-18H,3-4H2,1-2H3. The van der Waals surface area contributed by atoms with Crippen molar-refractivity contribution in [3.8, 4) is 0 Å². The molecule has 25 heavy (non-hydrogen) atoms. The second-order valence-corrected chi connectivity index (χ2v) is 9.73. The Morgan fingerprint density at radius 2 is 1.00 bits per heavy atom. The molecule has 136 valence electrons. The van der Waals surface area contributed by atoms with E-state index in [2.05, 4.69) is 9.44 Å². The van der Waals surface area contributed by atoms with Crippen LogP contribution in [0.3, 0.4) is 0 Å². The number of rotatable bonds is 8. The SMILES string of the molecule is CCNS(=O)(=O)c1ccc(Sc2ccc(S(=O)(=O)NCC)cc2)cc1. The van der Waals surface area contributed by atoms with Crippen molar-refractivity contribution in [3.63, 3.8) is 0 Å². The van der Waals surface area contributed by atoms with Gasteiger partial charge in [-0.3, -0.25) is 0 Å². The second kappa shape index (κ2) is 8.33. The molecule has 0 bridgehead atoms. The van der Waals surface area contributed by atoms with E-state index in [0.29, 0.717) is 13.1 Å². The lowest BCUT2D eigenvalue weighted by Gasteiger charge is -2.07. The van der Waals surface area contributed by atoms with Gasteiger partial charge in [-0.25, -0.2) is 26.3 Å². The third-order valence-electron chi connectivity index (χ3n) is 3.17. The normalized spacial score (nSPS) is 12.2. The fourth-order valence-electron chi connectivity index (χ4n) is 2.06. The lowest BCUT2D eigenvalue weighted by atomic mass is 10.4. The molecule has 2 rings (SSSR count). The van der Waals surface area contributed by atoms with Crippen molar-refractivity contribution >= 4 is 31.8 Å². The third-order valence-corrected chi connectivity index (χ3v) is 7.31. The fourth-order valence-corrected chi connectivity index (χ4v) is 4.96. The van der Waals surface area contributed by atoms with Gasteiger partial charge in [0.1, 0.15) is 0 Å². The molecule has 0 aromatic heterocycles. The number of sulfonamides is 2. The van der Waals surface area contributed by atoms with E-state index in [9.17, 15) is 16.8 Å². The van der Waals surface area contributed by atoms with Crippen LogP contribution in [0.2, 0.25) is 0 Å². The maximum atomic E-state index is 11.9. The molecule has 0 aliphatic rings. The zero-order chi connectivity index (χ0) is 18.5. The van der Waals surface area contributed by atoms with Crippen molar-refractivity contribution in [2.24, 2.45) is 0 Å². The molecule has 0 aliphatic carbocycles. The Hall–Kier alpha value is -1.39. The van der Waals surface area contributed by atoms with Crippen LogP contribution in [0, 0.1) is 0 Å². The van der Waals surface area contributed by atoms with Gasteiger partial charge in [-0.2, -0.15) is 0 Å². The Bertz CT molecular complexity index is 829. The molecule has 0 heterocycles. The lowest BCUT2D eigenvalue weighted by Crippen LogP contribution is -2.23. The number of hydrogen-bond acceptors (Lipinski definition) is 5. The minimum Gasteiger partial charge on any atom is -0.211 e. The first-order valence-corrected chi connectivity index (χ1v) is 11.4. The highest BCUT2D eigenvalue weighted by Crippen LogP contribution is 2.29. The molecule has 6 nitrogen and oxygen atoms in total. The van der Waals surface area contributed by atoms with E-state index in [0.717, 1.165) is 9.79 Å². The first-order valence-electron chi connectivity index (χ1n) is 7.66. The summed E-state index contributed by atoms with van der Waals surface area (Å²) in [5.74, 6) is 0. The van der Waals surface area contributed by atoms with Gasteiger partial charge in [-0.15, -0.1) is 0 Å². The predicted molar refractivity (Wildman–Crippen MR) is 98.7 cm³/mol. The second-order valence-electron chi connectivity index (χ2n) is 5.05. The van der Waals surface area contributed by atoms with Crippen molar-refractivity contribution in [2.45, 2.75) is 33.4 Å². The van der Waals surface area contributed by atoms with Gasteiger partial charge in [0.15, 0.2) is 0 Å². The zero-order valence-electron chi connectivity index (χ0n) is 13.9. The Morgan fingerprint density at radius 1 is 0.680 bits per heavy atom. The predicted octanol–water partition coefficient (Wildman–Crippen LogP) is 2.43. The highest BCUT2D eigenvalue weighted by molar-refractivity contribution is 7.99. The topological polar surface area (TPSA) is 92.3 Å². The van der Waals surface area contributed by atoms with Gasteiger partial charge in [0.05, 0.1) is 9.79 Å². The van der Waals surface area contributed by atoms with E-state index in [4.69, 9.17) is 0 Å². The molecule has 0 fully saturated rings. The quantitative estimate of drug-likeness (QED) is 0.710. The van der Waals surface area contributed by atoms with Crippen LogP contribution in [-0.2, 0) is 20.0 Å². The average molecular weight is 401 g/mol. The van der Waals surface area contributed by atoms with Crippen molar-refractivity contribution in [1.29, 1.82) is 0 Å².